The summed E-state index contributed by atoms with van der Waals surface area (Å²) in [6, 6.07) is 14.0. The maximum atomic E-state index is 12.7. The van der Waals surface area contributed by atoms with Crippen LogP contribution in [0.25, 0.3) is 0 Å². The lowest BCUT2D eigenvalue weighted by Crippen LogP contribution is -2.37. The third kappa shape index (κ3) is 7.62. The molecule has 0 fully saturated rings. The Kier molecular flexibility index (Phi) is 8.46. The minimum absolute atomic E-state index is 0.0475. The van der Waals surface area contributed by atoms with Crippen molar-refractivity contribution < 1.29 is 18.0 Å². The van der Waals surface area contributed by atoms with Crippen molar-refractivity contribution in [2.45, 2.75) is 26.1 Å². The van der Waals surface area contributed by atoms with Crippen molar-refractivity contribution in [3.63, 3.8) is 0 Å². The van der Waals surface area contributed by atoms with Crippen molar-refractivity contribution >= 4 is 5.91 Å². The van der Waals surface area contributed by atoms with Gasteiger partial charge in [-0.15, -0.1) is 0 Å². The van der Waals surface area contributed by atoms with E-state index >= 15 is 0 Å². The van der Waals surface area contributed by atoms with Gasteiger partial charge in [-0.2, -0.15) is 18.4 Å². The quantitative estimate of drug-likeness (QED) is 0.700. The molecule has 7 heteroatoms. The van der Waals surface area contributed by atoms with Gasteiger partial charge in [0.25, 0.3) is 0 Å². The minimum atomic E-state index is -4.41. The molecule has 0 aromatic heterocycles. The van der Waals surface area contributed by atoms with Gasteiger partial charge in [-0.1, -0.05) is 37.0 Å². The van der Waals surface area contributed by atoms with E-state index in [0.717, 1.165) is 30.7 Å². The molecule has 2 aromatic rings. The van der Waals surface area contributed by atoms with E-state index in [1.54, 1.807) is 12.1 Å². The summed E-state index contributed by atoms with van der Waals surface area (Å²) in [5.41, 5.74) is 1.07. The maximum Gasteiger partial charge on any atom is 0.416 e. The molecule has 156 valence electrons. The van der Waals surface area contributed by atoms with Gasteiger partial charge in [0.2, 0.25) is 5.91 Å². The number of carbonyl (C=O) groups is 1. The molecule has 0 unspecified atom stereocenters. The second-order valence-corrected chi connectivity index (χ2v) is 6.68. The largest absolute Gasteiger partial charge is 0.416 e. The fourth-order valence-corrected chi connectivity index (χ4v) is 2.79. The Morgan fingerprint density at radius 2 is 1.87 bits per heavy atom. The van der Waals surface area contributed by atoms with Crippen molar-refractivity contribution in [3.05, 3.63) is 70.8 Å². The topological polar surface area (TPSA) is 56.1 Å². The van der Waals surface area contributed by atoms with Gasteiger partial charge in [0.05, 0.1) is 30.3 Å². The molecule has 0 aliphatic heterocycles. The van der Waals surface area contributed by atoms with Crippen LogP contribution in [0.1, 0.15) is 35.6 Å². The summed E-state index contributed by atoms with van der Waals surface area (Å²) in [5, 5.41) is 11.5. The Balaban J connectivity index is 1.88. The van der Waals surface area contributed by atoms with Crippen LogP contribution in [0.2, 0.25) is 0 Å². The summed E-state index contributed by atoms with van der Waals surface area (Å²) >= 11 is 0. The van der Waals surface area contributed by atoms with E-state index in [-0.39, 0.29) is 24.6 Å². The third-order valence-corrected chi connectivity index (χ3v) is 4.19. The highest BCUT2D eigenvalue weighted by atomic mass is 19.4. The van der Waals surface area contributed by atoms with E-state index < -0.39 is 11.7 Å². The summed E-state index contributed by atoms with van der Waals surface area (Å²) < 4.78 is 38.1. The zero-order chi connectivity index (χ0) is 22.0. The van der Waals surface area contributed by atoms with Crippen molar-refractivity contribution in [3.8, 4) is 17.9 Å². The van der Waals surface area contributed by atoms with Crippen LogP contribution in [-0.4, -0.2) is 30.4 Å². The summed E-state index contributed by atoms with van der Waals surface area (Å²) in [4.78, 5) is 14.2. The summed E-state index contributed by atoms with van der Waals surface area (Å²) in [6.45, 7) is 3.54. The second kappa shape index (κ2) is 11.0. The molecule has 1 amide bonds. The van der Waals surface area contributed by atoms with Gasteiger partial charge in [-0.25, -0.2) is 0 Å². The van der Waals surface area contributed by atoms with Gasteiger partial charge in [0.1, 0.15) is 0 Å². The molecule has 1 N–H and O–H groups in total. The van der Waals surface area contributed by atoms with E-state index in [2.05, 4.69) is 23.2 Å². The zero-order valence-electron chi connectivity index (χ0n) is 16.6. The summed E-state index contributed by atoms with van der Waals surface area (Å²) in [7, 11) is 0. The summed E-state index contributed by atoms with van der Waals surface area (Å²) in [6.07, 6.45) is -3.54. The molecule has 4 nitrogen and oxygen atoms in total. The number of amides is 1. The van der Waals surface area contributed by atoms with Gasteiger partial charge < -0.3 is 5.32 Å². The zero-order valence-corrected chi connectivity index (χ0v) is 16.6. The van der Waals surface area contributed by atoms with Gasteiger partial charge >= 0.3 is 6.18 Å². The number of hydrogen-bond donors (Lipinski definition) is 1. The molecular weight excluding hydrogens is 391 g/mol. The molecule has 0 aliphatic carbocycles. The molecule has 0 spiro atoms. The minimum Gasteiger partial charge on any atom is -0.344 e. The highest BCUT2D eigenvalue weighted by molar-refractivity contribution is 5.78. The molecule has 0 saturated carbocycles. The lowest BCUT2D eigenvalue weighted by atomic mass is 10.1. The second-order valence-electron chi connectivity index (χ2n) is 6.68. The monoisotopic (exact) mass is 413 g/mol. The molecule has 2 rings (SSSR count). The number of nitriles is 1. The Morgan fingerprint density at radius 3 is 2.50 bits per heavy atom. The predicted octanol–water partition coefficient (Wildman–Crippen LogP) is 3.96. The standard InChI is InChI=1S/C23H22F3N3O/c1-2-13-29(16-20-10-8-19(15-27)9-11-20)17-22(30)28-12-4-6-18-5-3-7-21(14-18)23(24,25)26/h3,5,7-11,14H,2,12-13,16-17H2,1H3,(H,28,30). The number of halogens is 3. The van der Waals surface area contributed by atoms with Crippen LogP contribution in [-0.2, 0) is 17.5 Å². The molecular formula is C23H22F3N3O. The Morgan fingerprint density at radius 1 is 1.13 bits per heavy atom. The van der Waals surface area contributed by atoms with Crippen LogP contribution in [0.3, 0.4) is 0 Å². The van der Waals surface area contributed by atoms with E-state index in [1.165, 1.54) is 12.1 Å². The Labute approximate surface area is 174 Å². The Bertz CT molecular complexity index is 951. The number of alkyl halides is 3. The number of nitrogens with one attached hydrogen (secondary N) is 1. The van der Waals surface area contributed by atoms with Crippen LogP contribution in [0.15, 0.2) is 48.5 Å². The first-order chi connectivity index (χ1) is 14.3. The molecule has 0 saturated heterocycles. The number of carbonyl (C=O) groups excluding carboxylic acids is 1. The molecule has 0 aliphatic rings. The number of benzene rings is 2. The predicted molar refractivity (Wildman–Crippen MR) is 108 cm³/mol. The van der Waals surface area contributed by atoms with E-state index in [1.807, 2.05) is 24.0 Å². The first-order valence-corrected chi connectivity index (χ1v) is 9.46. The van der Waals surface area contributed by atoms with Crippen molar-refractivity contribution in [1.82, 2.24) is 10.2 Å². The molecule has 0 heterocycles. The first-order valence-electron chi connectivity index (χ1n) is 9.46. The molecule has 2 aromatic carbocycles. The fraction of sp³-hybridized carbons (Fsp3) is 0.304. The Hall–Kier alpha value is -3.29. The van der Waals surface area contributed by atoms with E-state index in [9.17, 15) is 18.0 Å². The fourth-order valence-electron chi connectivity index (χ4n) is 2.79. The highest BCUT2D eigenvalue weighted by Gasteiger charge is 2.30. The normalized spacial score (nSPS) is 10.8. The van der Waals surface area contributed by atoms with Gasteiger partial charge in [0.15, 0.2) is 0 Å². The SMILES string of the molecule is CCCN(CC(=O)NCC#Cc1cccc(C(F)(F)F)c1)Cc1ccc(C#N)cc1. The van der Waals surface area contributed by atoms with Crippen LogP contribution in [0.4, 0.5) is 13.2 Å². The van der Waals surface area contributed by atoms with Crippen LogP contribution in [0, 0.1) is 23.2 Å². The maximum absolute atomic E-state index is 12.7. The van der Waals surface area contributed by atoms with E-state index in [4.69, 9.17) is 5.26 Å². The number of rotatable bonds is 7. The number of hydrogen-bond acceptors (Lipinski definition) is 3. The molecule has 0 radical (unpaired) electrons. The number of nitrogens with zero attached hydrogens (tertiary/aromatic N) is 2. The molecule has 0 atom stereocenters. The molecule has 30 heavy (non-hydrogen) atoms. The average molecular weight is 413 g/mol. The smallest absolute Gasteiger partial charge is 0.344 e. The lowest BCUT2D eigenvalue weighted by molar-refractivity contribution is -0.137. The van der Waals surface area contributed by atoms with Gasteiger partial charge in [-0.05, 0) is 48.9 Å². The highest BCUT2D eigenvalue weighted by Crippen LogP contribution is 2.29. The lowest BCUT2D eigenvalue weighted by Gasteiger charge is -2.21. The van der Waals surface area contributed by atoms with Crippen LogP contribution in [0.5, 0.6) is 0 Å². The van der Waals surface area contributed by atoms with Crippen molar-refractivity contribution in [1.29, 1.82) is 5.26 Å². The first kappa shape index (κ1) is 23.0. The average Bonchev–Trinajstić information content (AvgIpc) is 2.71. The van der Waals surface area contributed by atoms with Crippen LogP contribution >= 0.6 is 0 Å². The summed E-state index contributed by atoms with van der Waals surface area (Å²) in [5.74, 6) is 5.10. The third-order valence-electron chi connectivity index (χ3n) is 4.19. The van der Waals surface area contributed by atoms with E-state index in [0.29, 0.717) is 12.1 Å². The van der Waals surface area contributed by atoms with Gasteiger partial charge in [0, 0.05) is 12.1 Å². The molecule has 0 bridgehead atoms. The van der Waals surface area contributed by atoms with Crippen molar-refractivity contribution in [2.75, 3.05) is 19.6 Å². The van der Waals surface area contributed by atoms with Crippen molar-refractivity contribution in [2.24, 2.45) is 0 Å². The van der Waals surface area contributed by atoms with Gasteiger partial charge in [-0.3, -0.25) is 9.69 Å². The van der Waals surface area contributed by atoms with Crippen LogP contribution < -0.4 is 5.32 Å².